The molecule has 0 amide bonds. The van der Waals surface area contributed by atoms with E-state index in [1.165, 1.54) is 21.9 Å². The van der Waals surface area contributed by atoms with Crippen molar-refractivity contribution in [3.8, 4) is 0 Å². The zero-order valence-corrected chi connectivity index (χ0v) is 9.88. The van der Waals surface area contributed by atoms with Gasteiger partial charge in [-0.15, -0.1) is 0 Å². The highest BCUT2D eigenvalue weighted by Gasteiger charge is 2.25. The lowest BCUT2D eigenvalue weighted by atomic mass is 9.85. The fourth-order valence-electron chi connectivity index (χ4n) is 2.59. The first-order valence-electron chi connectivity index (χ1n) is 5.90. The second-order valence-corrected chi connectivity index (χ2v) is 5.34. The van der Waals surface area contributed by atoms with Crippen molar-refractivity contribution >= 4 is 10.8 Å². The number of nitrogens with one attached hydrogen (secondary N) is 1. The Morgan fingerprint density at radius 3 is 2.75 bits per heavy atom. The molecule has 0 saturated carbocycles. The second kappa shape index (κ2) is 3.33. The van der Waals surface area contributed by atoms with Crippen molar-refractivity contribution in [1.29, 1.82) is 0 Å². The molecule has 0 radical (unpaired) electrons. The summed E-state index contributed by atoms with van der Waals surface area (Å²) < 4.78 is 0. The molecule has 0 unspecified atom stereocenters. The van der Waals surface area contributed by atoms with Gasteiger partial charge in [0.2, 0.25) is 0 Å². The zero-order valence-electron chi connectivity index (χ0n) is 9.88. The van der Waals surface area contributed by atoms with E-state index in [-0.39, 0.29) is 5.54 Å². The summed E-state index contributed by atoms with van der Waals surface area (Å²) in [4.78, 5) is 0. The number of hydrogen-bond donors (Lipinski definition) is 1. The Balaban J connectivity index is 2.25. The minimum absolute atomic E-state index is 0.219. The predicted molar refractivity (Wildman–Crippen MR) is 68.6 cm³/mol. The summed E-state index contributed by atoms with van der Waals surface area (Å²) in [5.41, 5.74) is 3.21. The van der Waals surface area contributed by atoms with Crippen LogP contribution < -0.4 is 5.32 Å². The van der Waals surface area contributed by atoms with Gasteiger partial charge in [-0.05, 0) is 42.2 Å². The molecule has 1 heteroatoms. The summed E-state index contributed by atoms with van der Waals surface area (Å²) in [6.07, 6.45) is 1.11. The number of rotatable bonds is 0. The molecule has 1 nitrogen and oxygen atoms in total. The largest absolute Gasteiger partial charge is 0.307 e. The molecule has 0 atom stereocenters. The SMILES string of the molecule is CC1(C)Cc2c(ccc3ccccc23)CN1. The summed E-state index contributed by atoms with van der Waals surface area (Å²) in [5, 5.41) is 6.36. The molecule has 2 aromatic rings. The molecule has 0 aromatic heterocycles. The first-order chi connectivity index (χ1) is 7.66. The van der Waals surface area contributed by atoms with Crippen molar-refractivity contribution in [3.05, 3.63) is 47.5 Å². The first-order valence-corrected chi connectivity index (χ1v) is 5.90. The third-order valence-electron chi connectivity index (χ3n) is 3.51. The van der Waals surface area contributed by atoms with E-state index < -0.39 is 0 Å². The topological polar surface area (TPSA) is 12.0 Å². The van der Waals surface area contributed by atoms with E-state index in [0.717, 1.165) is 13.0 Å². The van der Waals surface area contributed by atoms with Crippen molar-refractivity contribution in [2.75, 3.05) is 0 Å². The molecular formula is C15H17N. The van der Waals surface area contributed by atoms with Crippen LogP contribution in [0.5, 0.6) is 0 Å². The maximum absolute atomic E-state index is 3.58. The molecule has 0 saturated heterocycles. The Hall–Kier alpha value is -1.34. The van der Waals surface area contributed by atoms with E-state index in [2.05, 4.69) is 55.6 Å². The molecule has 1 aliphatic rings. The van der Waals surface area contributed by atoms with Gasteiger partial charge in [-0.1, -0.05) is 36.4 Å². The monoisotopic (exact) mass is 211 g/mol. The Bertz CT molecular complexity index is 540. The molecule has 0 fully saturated rings. The van der Waals surface area contributed by atoms with Gasteiger partial charge >= 0.3 is 0 Å². The lowest BCUT2D eigenvalue weighted by Gasteiger charge is -2.33. The van der Waals surface area contributed by atoms with Crippen molar-refractivity contribution < 1.29 is 0 Å². The molecule has 82 valence electrons. The predicted octanol–water partition coefficient (Wildman–Crippen LogP) is 3.26. The molecule has 2 aromatic carbocycles. The van der Waals surface area contributed by atoms with Crippen molar-refractivity contribution in [2.45, 2.75) is 32.4 Å². The lowest BCUT2D eigenvalue weighted by Crippen LogP contribution is -2.44. The summed E-state index contributed by atoms with van der Waals surface area (Å²) in [6.45, 7) is 5.54. The Kier molecular flexibility index (Phi) is 2.05. The van der Waals surface area contributed by atoms with Crippen LogP contribution in [0.15, 0.2) is 36.4 Å². The van der Waals surface area contributed by atoms with Gasteiger partial charge in [0, 0.05) is 12.1 Å². The minimum atomic E-state index is 0.219. The van der Waals surface area contributed by atoms with Gasteiger partial charge in [0.25, 0.3) is 0 Å². The Labute approximate surface area is 96.5 Å². The van der Waals surface area contributed by atoms with Crippen molar-refractivity contribution in [2.24, 2.45) is 0 Å². The first kappa shape index (κ1) is 9.86. The molecule has 0 aliphatic carbocycles. The Morgan fingerprint density at radius 2 is 1.88 bits per heavy atom. The van der Waals surface area contributed by atoms with E-state index in [1.54, 1.807) is 0 Å². The third kappa shape index (κ3) is 1.52. The summed E-state index contributed by atoms with van der Waals surface area (Å²) >= 11 is 0. The molecule has 0 spiro atoms. The van der Waals surface area contributed by atoms with Crippen molar-refractivity contribution in [3.63, 3.8) is 0 Å². The van der Waals surface area contributed by atoms with Gasteiger partial charge in [-0.25, -0.2) is 0 Å². The van der Waals surface area contributed by atoms with Crippen LogP contribution in [0, 0.1) is 0 Å². The highest BCUT2D eigenvalue weighted by atomic mass is 15.0. The van der Waals surface area contributed by atoms with E-state index in [9.17, 15) is 0 Å². The summed E-state index contributed by atoms with van der Waals surface area (Å²) in [5.74, 6) is 0. The van der Waals surface area contributed by atoms with E-state index in [0.29, 0.717) is 0 Å². The van der Waals surface area contributed by atoms with E-state index >= 15 is 0 Å². The maximum Gasteiger partial charge on any atom is 0.0213 e. The Morgan fingerprint density at radius 1 is 1.06 bits per heavy atom. The van der Waals surface area contributed by atoms with Gasteiger partial charge in [0.1, 0.15) is 0 Å². The van der Waals surface area contributed by atoms with Crippen LogP contribution in [-0.2, 0) is 13.0 Å². The van der Waals surface area contributed by atoms with Crippen LogP contribution in [0.2, 0.25) is 0 Å². The molecule has 1 heterocycles. The second-order valence-electron chi connectivity index (χ2n) is 5.34. The van der Waals surface area contributed by atoms with Gasteiger partial charge in [-0.3, -0.25) is 0 Å². The number of benzene rings is 2. The summed E-state index contributed by atoms with van der Waals surface area (Å²) in [7, 11) is 0. The molecule has 1 N–H and O–H groups in total. The standard InChI is InChI=1S/C15H17N/c1-15(2)9-14-12(10-16-15)8-7-11-5-3-4-6-13(11)14/h3-8,16H,9-10H2,1-2H3. The fraction of sp³-hybridized carbons (Fsp3) is 0.333. The lowest BCUT2D eigenvalue weighted by molar-refractivity contribution is 0.364. The van der Waals surface area contributed by atoms with Crippen LogP contribution in [-0.4, -0.2) is 5.54 Å². The van der Waals surface area contributed by atoms with Crippen LogP contribution >= 0.6 is 0 Å². The molecule has 1 aliphatic heterocycles. The van der Waals surface area contributed by atoms with Crippen LogP contribution in [0.1, 0.15) is 25.0 Å². The number of hydrogen-bond acceptors (Lipinski definition) is 1. The minimum Gasteiger partial charge on any atom is -0.307 e. The zero-order chi connectivity index (χ0) is 11.2. The highest BCUT2D eigenvalue weighted by molar-refractivity contribution is 5.87. The quantitative estimate of drug-likeness (QED) is 0.705. The summed E-state index contributed by atoms with van der Waals surface area (Å²) in [6, 6.07) is 13.2. The van der Waals surface area contributed by atoms with Crippen LogP contribution in [0.25, 0.3) is 10.8 Å². The number of fused-ring (bicyclic) bond motifs is 3. The van der Waals surface area contributed by atoms with Gasteiger partial charge < -0.3 is 5.32 Å². The van der Waals surface area contributed by atoms with Gasteiger partial charge in [0.05, 0.1) is 0 Å². The molecule has 16 heavy (non-hydrogen) atoms. The molecular weight excluding hydrogens is 194 g/mol. The van der Waals surface area contributed by atoms with Gasteiger partial charge in [0.15, 0.2) is 0 Å². The van der Waals surface area contributed by atoms with E-state index in [4.69, 9.17) is 0 Å². The highest BCUT2D eigenvalue weighted by Crippen LogP contribution is 2.29. The van der Waals surface area contributed by atoms with Crippen LogP contribution in [0.3, 0.4) is 0 Å². The van der Waals surface area contributed by atoms with Crippen LogP contribution in [0.4, 0.5) is 0 Å². The van der Waals surface area contributed by atoms with Crippen molar-refractivity contribution in [1.82, 2.24) is 5.32 Å². The normalized spacial score (nSPS) is 18.4. The average molecular weight is 211 g/mol. The smallest absolute Gasteiger partial charge is 0.0213 e. The molecule has 3 rings (SSSR count). The fourth-order valence-corrected chi connectivity index (χ4v) is 2.59. The molecule has 0 bridgehead atoms. The maximum atomic E-state index is 3.58. The average Bonchev–Trinajstić information content (AvgIpc) is 2.28. The van der Waals surface area contributed by atoms with E-state index in [1.807, 2.05) is 0 Å². The van der Waals surface area contributed by atoms with Gasteiger partial charge in [-0.2, -0.15) is 0 Å². The third-order valence-corrected chi connectivity index (χ3v) is 3.51.